The summed E-state index contributed by atoms with van der Waals surface area (Å²) in [5, 5.41) is 3.48. The summed E-state index contributed by atoms with van der Waals surface area (Å²) in [6.45, 7) is 0. The van der Waals surface area contributed by atoms with Crippen molar-refractivity contribution in [2.45, 2.75) is 0 Å². The molecule has 116 valence electrons. The highest BCUT2D eigenvalue weighted by molar-refractivity contribution is 8.26. The molecule has 0 saturated carbocycles. The van der Waals surface area contributed by atoms with Crippen LogP contribution in [-0.2, 0) is 4.79 Å². The number of amides is 1. The van der Waals surface area contributed by atoms with E-state index in [9.17, 15) is 4.79 Å². The Morgan fingerprint density at radius 3 is 2.57 bits per heavy atom. The lowest BCUT2D eigenvalue weighted by Crippen LogP contribution is -2.17. The number of ether oxygens (including phenoxy) is 1. The lowest BCUT2D eigenvalue weighted by molar-refractivity contribution is -0.115. The SMILES string of the molecule is O=C1NC(=S)S/C1=C/c1cccc(Oc2ccc(Cl)c(Cl)c2)c1. The van der Waals surface area contributed by atoms with Gasteiger partial charge in [0.2, 0.25) is 0 Å². The van der Waals surface area contributed by atoms with Gasteiger partial charge in [0, 0.05) is 6.07 Å². The molecule has 1 aliphatic heterocycles. The Morgan fingerprint density at radius 2 is 1.87 bits per heavy atom. The van der Waals surface area contributed by atoms with Crippen molar-refractivity contribution in [2.24, 2.45) is 0 Å². The zero-order valence-electron chi connectivity index (χ0n) is 11.5. The average Bonchev–Trinajstić information content (AvgIpc) is 2.81. The minimum absolute atomic E-state index is 0.184. The Labute approximate surface area is 152 Å². The van der Waals surface area contributed by atoms with Crippen LogP contribution in [0.5, 0.6) is 11.5 Å². The molecule has 1 fully saturated rings. The van der Waals surface area contributed by atoms with Gasteiger partial charge in [-0.15, -0.1) is 0 Å². The van der Waals surface area contributed by atoms with Gasteiger partial charge in [-0.2, -0.15) is 0 Å². The summed E-state index contributed by atoms with van der Waals surface area (Å²) in [6, 6.07) is 12.4. The van der Waals surface area contributed by atoms with Gasteiger partial charge in [-0.05, 0) is 35.9 Å². The summed E-state index contributed by atoms with van der Waals surface area (Å²) in [5.41, 5.74) is 0.838. The number of hydrogen-bond donors (Lipinski definition) is 1. The molecule has 1 amide bonds. The van der Waals surface area contributed by atoms with Crippen molar-refractivity contribution in [3.05, 3.63) is 63.0 Å². The summed E-state index contributed by atoms with van der Waals surface area (Å²) < 4.78 is 6.22. The number of carbonyl (C=O) groups excluding carboxylic acids is 1. The Hall–Kier alpha value is -1.53. The zero-order valence-corrected chi connectivity index (χ0v) is 14.7. The van der Waals surface area contributed by atoms with Gasteiger partial charge < -0.3 is 10.1 Å². The minimum atomic E-state index is -0.184. The molecule has 23 heavy (non-hydrogen) atoms. The zero-order chi connectivity index (χ0) is 16.4. The number of carbonyl (C=O) groups is 1. The van der Waals surface area contributed by atoms with E-state index in [1.165, 1.54) is 11.8 Å². The third kappa shape index (κ3) is 4.06. The fourth-order valence-electron chi connectivity index (χ4n) is 1.92. The topological polar surface area (TPSA) is 38.3 Å². The van der Waals surface area contributed by atoms with Gasteiger partial charge >= 0.3 is 0 Å². The van der Waals surface area contributed by atoms with Crippen molar-refractivity contribution >= 4 is 63.5 Å². The van der Waals surface area contributed by atoms with Crippen LogP contribution >= 0.6 is 47.2 Å². The monoisotopic (exact) mass is 381 g/mol. The van der Waals surface area contributed by atoms with Gasteiger partial charge in [-0.3, -0.25) is 4.79 Å². The predicted molar refractivity (Wildman–Crippen MR) is 99.3 cm³/mol. The number of nitrogens with one attached hydrogen (secondary N) is 1. The van der Waals surface area contributed by atoms with E-state index in [4.69, 9.17) is 40.2 Å². The van der Waals surface area contributed by atoms with E-state index in [2.05, 4.69) is 5.32 Å². The number of hydrogen-bond acceptors (Lipinski definition) is 4. The highest BCUT2D eigenvalue weighted by Crippen LogP contribution is 2.31. The van der Waals surface area contributed by atoms with Gasteiger partial charge in [0.15, 0.2) is 0 Å². The molecule has 1 saturated heterocycles. The molecule has 0 unspecified atom stereocenters. The first-order valence-corrected chi connectivity index (χ1v) is 8.47. The van der Waals surface area contributed by atoms with Crippen molar-refractivity contribution < 1.29 is 9.53 Å². The van der Waals surface area contributed by atoms with Crippen LogP contribution in [0.3, 0.4) is 0 Å². The van der Waals surface area contributed by atoms with Crippen LogP contribution in [0.1, 0.15) is 5.56 Å². The van der Waals surface area contributed by atoms with Crippen LogP contribution in [0.2, 0.25) is 10.0 Å². The summed E-state index contributed by atoms with van der Waals surface area (Å²) in [4.78, 5) is 12.2. The van der Waals surface area contributed by atoms with Gasteiger partial charge in [-0.1, -0.05) is 59.3 Å². The number of benzene rings is 2. The molecule has 7 heteroatoms. The van der Waals surface area contributed by atoms with Crippen LogP contribution in [0.4, 0.5) is 0 Å². The van der Waals surface area contributed by atoms with E-state index in [0.29, 0.717) is 30.8 Å². The maximum Gasteiger partial charge on any atom is 0.263 e. The third-order valence-corrected chi connectivity index (χ3v) is 4.83. The van der Waals surface area contributed by atoms with Crippen LogP contribution in [0.25, 0.3) is 6.08 Å². The van der Waals surface area contributed by atoms with Gasteiger partial charge in [0.05, 0.1) is 15.0 Å². The van der Waals surface area contributed by atoms with E-state index in [0.717, 1.165) is 5.56 Å². The summed E-state index contributed by atoms with van der Waals surface area (Å²) in [7, 11) is 0. The molecule has 0 atom stereocenters. The summed E-state index contributed by atoms with van der Waals surface area (Å²) in [6.07, 6.45) is 1.76. The molecule has 1 N–H and O–H groups in total. The lowest BCUT2D eigenvalue weighted by Gasteiger charge is -2.07. The first-order chi connectivity index (χ1) is 11.0. The first-order valence-electron chi connectivity index (χ1n) is 6.49. The molecular formula is C16H9Cl2NO2S2. The standard InChI is InChI=1S/C16H9Cl2NO2S2/c17-12-5-4-11(8-13(12)18)21-10-3-1-2-9(6-10)7-14-15(20)19-16(22)23-14/h1-8H,(H,19,20,22)/b14-7+. The van der Waals surface area contributed by atoms with Crippen LogP contribution < -0.4 is 10.1 Å². The van der Waals surface area contributed by atoms with Gasteiger partial charge in [0.25, 0.3) is 5.91 Å². The van der Waals surface area contributed by atoms with Crippen molar-refractivity contribution in [3.8, 4) is 11.5 Å². The van der Waals surface area contributed by atoms with Crippen LogP contribution in [0.15, 0.2) is 47.4 Å². The van der Waals surface area contributed by atoms with Crippen LogP contribution in [0, 0.1) is 0 Å². The Morgan fingerprint density at radius 1 is 1.09 bits per heavy atom. The molecule has 1 heterocycles. The molecule has 0 bridgehead atoms. The Bertz CT molecular complexity index is 837. The minimum Gasteiger partial charge on any atom is -0.457 e. The number of halogens is 2. The quantitative estimate of drug-likeness (QED) is 0.580. The summed E-state index contributed by atoms with van der Waals surface area (Å²) in [5.74, 6) is 1.03. The third-order valence-electron chi connectivity index (χ3n) is 2.92. The van der Waals surface area contributed by atoms with Crippen molar-refractivity contribution in [1.82, 2.24) is 5.32 Å². The molecule has 0 aliphatic carbocycles. The first kappa shape index (κ1) is 16.3. The Balaban J connectivity index is 1.82. The van der Waals surface area contributed by atoms with E-state index in [1.54, 1.807) is 24.3 Å². The average molecular weight is 382 g/mol. The highest BCUT2D eigenvalue weighted by atomic mass is 35.5. The molecular weight excluding hydrogens is 373 g/mol. The summed E-state index contributed by atoms with van der Waals surface area (Å²) >= 11 is 18.1. The van der Waals surface area contributed by atoms with Gasteiger partial charge in [-0.25, -0.2) is 0 Å². The van der Waals surface area contributed by atoms with Crippen LogP contribution in [-0.4, -0.2) is 10.2 Å². The normalized spacial score (nSPS) is 15.8. The maximum atomic E-state index is 11.7. The van der Waals surface area contributed by atoms with Crippen molar-refractivity contribution in [2.75, 3.05) is 0 Å². The second-order valence-corrected chi connectivity index (χ2v) is 7.14. The lowest BCUT2D eigenvalue weighted by atomic mass is 10.2. The van der Waals surface area contributed by atoms with Crippen molar-refractivity contribution in [1.29, 1.82) is 0 Å². The largest absolute Gasteiger partial charge is 0.457 e. The molecule has 3 nitrogen and oxygen atoms in total. The van der Waals surface area contributed by atoms with E-state index >= 15 is 0 Å². The van der Waals surface area contributed by atoms with Crippen molar-refractivity contribution in [3.63, 3.8) is 0 Å². The number of rotatable bonds is 3. The van der Waals surface area contributed by atoms with Gasteiger partial charge in [0.1, 0.15) is 15.8 Å². The highest BCUT2D eigenvalue weighted by Gasteiger charge is 2.21. The molecule has 1 aliphatic rings. The van der Waals surface area contributed by atoms with E-state index in [1.807, 2.05) is 24.3 Å². The second kappa shape index (κ2) is 6.93. The second-order valence-electron chi connectivity index (χ2n) is 4.60. The fourth-order valence-corrected chi connectivity index (χ4v) is 3.25. The molecule has 0 radical (unpaired) electrons. The molecule has 2 aromatic carbocycles. The predicted octanol–water partition coefficient (Wildman–Crippen LogP) is 5.27. The Kier molecular flexibility index (Phi) is 4.92. The van der Waals surface area contributed by atoms with E-state index < -0.39 is 0 Å². The fraction of sp³-hybridized carbons (Fsp3) is 0. The number of thiocarbonyl (C=S) groups is 1. The smallest absolute Gasteiger partial charge is 0.263 e. The number of thioether (sulfide) groups is 1. The van der Waals surface area contributed by atoms with E-state index in [-0.39, 0.29) is 5.91 Å². The molecule has 3 rings (SSSR count). The maximum absolute atomic E-state index is 11.7. The molecule has 0 aromatic heterocycles. The molecule has 2 aromatic rings. The molecule has 0 spiro atoms.